The number of rotatable bonds is 5. The van der Waals surface area contributed by atoms with Gasteiger partial charge in [-0.1, -0.05) is 37.1 Å². The summed E-state index contributed by atoms with van der Waals surface area (Å²) < 4.78 is 0. The molecule has 0 radical (unpaired) electrons. The van der Waals surface area contributed by atoms with Gasteiger partial charge in [0, 0.05) is 17.0 Å². The van der Waals surface area contributed by atoms with Crippen LogP contribution in [0, 0.1) is 12.8 Å². The highest BCUT2D eigenvalue weighted by Gasteiger charge is 2.13. The summed E-state index contributed by atoms with van der Waals surface area (Å²) in [6, 6.07) is 5.44. The zero-order valence-electron chi connectivity index (χ0n) is 9.79. The van der Waals surface area contributed by atoms with Crippen LogP contribution in [0.15, 0.2) is 18.2 Å². The molecule has 1 aromatic rings. The number of ketones is 1. The molecule has 1 atom stereocenters. The van der Waals surface area contributed by atoms with Crippen LogP contribution in [0.1, 0.15) is 35.7 Å². The van der Waals surface area contributed by atoms with Gasteiger partial charge in [-0.3, -0.25) is 4.79 Å². The van der Waals surface area contributed by atoms with Crippen LogP contribution in [0.2, 0.25) is 5.02 Å². The van der Waals surface area contributed by atoms with Gasteiger partial charge >= 0.3 is 0 Å². The highest BCUT2D eigenvalue weighted by molar-refractivity contribution is 6.31. The van der Waals surface area contributed by atoms with E-state index in [0.717, 1.165) is 12.0 Å². The molecule has 0 aliphatic carbocycles. The molecule has 0 saturated carbocycles. The maximum absolute atomic E-state index is 11.9. The summed E-state index contributed by atoms with van der Waals surface area (Å²) in [5.74, 6) is 0.395. The SMILES string of the molecule is CCC(CN)CC(=O)c1ccc(C)c(Cl)c1. The number of carbonyl (C=O) groups is 1. The van der Waals surface area contributed by atoms with Gasteiger partial charge in [-0.2, -0.15) is 0 Å². The first-order chi connectivity index (χ1) is 7.58. The van der Waals surface area contributed by atoms with E-state index in [1.54, 1.807) is 6.07 Å². The van der Waals surface area contributed by atoms with E-state index in [9.17, 15) is 4.79 Å². The van der Waals surface area contributed by atoms with Crippen LogP contribution in [-0.2, 0) is 0 Å². The minimum Gasteiger partial charge on any atom is -0.330 e. The maximum Gasteiger partial charge on any atom is 0.163 e. The quantitative estimate of drug-likeness (QED) is 0.802. The van der Waals surface area contributed by atoms with Crippen molar-refractivity contribution < 1.29 is 4.79 Å². The van der Waals surface area contributed by atoms with Gasteiger partial charge in [0.1, 0.15) is 0 Å². The Morgan fingerprint density at radius 2 is 2.19 bits per heavy atom. The Morgan fingerprint density at radius 3 is 2.69 bits per heavy atom. The number of aryl methyl sites for hydroxylation is 1. The fraction of sp³-hybridized carbons (Fsp3) is 0.462. The molecular weight excluding hydrogens is 222 g/mol. The first-order valence-corrected chi connectivity index (χ1v) is 5.95. The molecule has 16 heavy (non-hydrogen) atoms. The second-order valence-corrected chi connectivity index (χ2v) is 4.51. The van der Waals surface area contributed by atoms with Crippen molar-refractivity contribution in [2.45, 2.75) is 26.7 Å². The monoisotopic (exact) mass is 239 g/mol. The minimum absolute atomic E-state index is 0.124. The van der Waals surface area contributed by atoms with Crippen molar-refractivity contribution in [1.29, 1.82) is 0 Å². The van der Waals surface area contributed by atoms with Crippen LogP contribution in [0.4, 0.5) is 0 Å². The predicted molar refractivity (Wildman–Crippen MR) is 68.0 cm³/mol. The average Bonchev–Trinajstić information content (AvgIpc) is 2.29. The number of carbonyl (C=O) groups excluding carboxylic acids is 1. The number of hydrogen-bond donors (Lipinski definition) is 1. The van der Waals surface area contributed by atoms with Gasteiger partial charge in [0.05, 0.1) is 0 Å². The van der Waals surface area contributed by atoms with Crippen molar-refractivity contribution in [1.82, 2.24) is 0 Å². The Bertz CT molecular complexity index is 372. The summed E-state index contributed by atoms with van der Waals surface area (Å²) in [5.41, 5.74) is 7.26. The summed E-state index contributed by atoms with van der Waals surface area (Å²) in [5, 5.41) is 0.645. The largest absolute Gasteiger partial charge is 0.330 e. The lowest BCUT2D eigenvalue weighted by atomic mass is 9.96. The topological polar surface area (TPSA) is 43.1 Å². The number of nitrogens with two attached hydrogens (primary N) is 1. The third-order valence-corrected chi connectivity index (χ3v) is 3.29. The van der Waals surface area contributed by atoms with Crippen molar-refractivity contribution in [3.05, 3.63) is 34.3 Å². The number of benzene rings is 1. The van der Waals surface area contributed by atoms with Crippen LogP contribution in [0.3, 0.4) is 0 Å². The first-order valence-electron chi connectivity index (χ1n) is 5.57. The maximum atomic E-state index is 11.9. The Kier molecular flexibility index (Phi) is 4.97. The predicted octanol–water partition coefficient (Wildman–Crippen LogP) is 3.21. The normalized spacial score (nSPS) is 12.5. The molecule has 0 amide bonds. The molecule has 0 spiro atoms. The molecule has 0 aromatic heterocycles. The van der Waals surface area contributed by atoms with Gasteiger partial charge in [0.25, 0.3) is 0 Å². The number of halogens is 1. The third-order valence-electron chi connectivity index (χ3n) is 2.88. The summed E-state index contributed by atoms with van der Waals surface area (Å²) in [4.78, 5) is 11.9. The van der Waals surface area contributed by atoms with Gasteiger partial charge in [0.15, 0.2) is 5.78 Å². The molecule has 88 valence electrons. The zero-order valence-corrected chi connectivity index (χ0v) is 10.6. The molecule has 0 fully saturated rings. The van der Waals surface area contributed by atoms with E-state index in [1.165, 1.54) is 0 Å². The Labute approximate surface area is 102 Å². The van der Waals surface area contributed by atoms with Gasteiger partial charge in [-0.15, -0.1) is 0 Å². The van der Waals surface area contributed by atoms with Crippen molar-refractivity contribution in [3.8, 4) is 0 Å². The van der Waals surface area contributed by atoms with E-state index in [2.05, 4.69) is 0 Å². The van der Waals surface area contributed by atoms with Crippen LogP contribution in [0.5, 0.6) is 0 Å². The van der Waals surface area contributed by atoms with E-state index < -0.39 is 0 Å². The average molecular weight is 240 g/mol. The van der Waals surface area contributed by atoms with E-state index in [-0.39, 0.29) is 11.7 Å². The summed E-state index contributed by atoms with van der Waals surface area (Å²) in [7, 11) is 0. The van der Waals surface area contributed by atoms with Crippen LogP contribution in [-0.4, -0.2) is 12.3 Å². The van der Waals surface area contributed by atoms with E-state index >= 15 is 0 Å². The van der Waals surface area contributed by atoms with Gasteiger partial charge in [0.2, 0.25) is 0 Å². The minimum atomic E-state index is 0.124. The summed E-state index contributed by atoms with van der Waals surface area (Å²) >= 11 is 5.99. The van der Waals surface area contributed by atoms with E-state index in [4.69, 9.17) is 17.3 Å². The summed E-state index contributed by atoms with van der Waals surface area (Å²) in [6.45, 7) is 4.53. The highest BCUT2D eigenvalue weighted by Crippen LogP contribution is 2.19. The Morgan fingerprint density at radius 1 is 1.50 bits per heavy atom. The second-order valence-electron chi connectivity index (χ2n) is 4.10. The standard InChI is InChI=1S/C13H18ClNO/c1-3-10(8-15)6-13(16)11-5-4-9(2)12(14)7-11/h4-5,7,10H,3,6,8,15H2,1-2H3. The molecule has 2 nitrogen and oxygen atoms in total. The molecule has 0 heterocycles. The van der Waals surface area contributed by atoms with Crippen molar-refractivity contribution in [2.24, 2.45) is 11.7 Å². The first kappa shape index (κ1) is 13.2. The molecule has 0 bridgehead atoms. The molecule has 1 aromatic carbocycles. The van der Waals surface area contributed by atoms with Gasteiger partial charge in [-0.05, 0) is 31.0 Å². The zero-order chi connectivity index (χ0) is 12.1. The highest BCUT2D eigenvalue weighted by atomic mass is 35.5. The van der Waals surface area contributed by atoms with Crippen molar-refractivity contribution >= 4 is 17.4 Å². The number of Topliss-reactive ketones (excluding diaryl/α,β-unsaturated/α-hetero) is 1. The Hall–Kier alpha value is -0.860. The Balaban J connectivity index is 2.76. The second kappa shape index (κ2) is 6.02. The van der Waals surface area contributed by atoms with E-state index in [0.29, 0.717) is 23.6 Å². The van der Waals surface area contributed by atoms with Crippen LogP contribution < -0.4 is 5.73 Å². The molecule has 0 aliphatic heterocycles. The molecule has 1 rings (SSSR count). The molecule has 3 heteroatoms. The molecule has 0 aliphatic rings. The lowest BCUT2D eigenvalue weighted by molar-refractivity contribution is 0.0961. The smallest absolute Gasteiger partial charge is 0.163 e. The van der Waals surface area contributed by atoms with Crippen LogP contribution in [0.25, 0.3) is 0 Å². The van der Waals surface area contributed by atoms with E-state index in [1.807, 2.05) is 26.0 Å². The van der Waals surface area contributed by atoms with Crippen LogP contribution >= 0.6 is 11.6 Å². The molecular formula is C13H18ClNO. The summed E-state index contributed by atoms with van der Waals surface area (Å²) in [6.07, 6.45) is 1.44. The molecule has 2 N–H and O–H groups in total. The third kappa shape index (κ3) is 3.32. The van der Waals surface area contributed by atoms with Gasteiger partial charge < -0.3 is 5.73 Å². The molecule has 1 unspecified atom stereocenters. The van der Waals surface area contributed by atoms with Crippen molar-refractivity contribution in [2.75, 3.05) is 6.54 Å². The lowest BCUT2D eigenvalue weighted by Gasteiger charge is -2.11. The van der Waals surface area contributed by atoms with Crippen molar-refractivity contribution in [3.63, 3.8) is 0 Å². The molecule has 0 saturated heterocycles. The number of hydrogen-bond acceptors (Lipinski definition) is 2. The lowest BCUT2D eigenvalue weighted by Crippen LogP contribution is -2.17. The fourth-order valence-corrected chi connectivity index (χ4v) is 1.72. The fourth-order valence-electron chi connectivity index (χ4n) is 1.54. The van der Waals surface area contributed by atoms with Gasteiger partial charge in [-0.25, -0.2) is 0 Å².